The van der Waals surface area contributed by atoms with Gasteiger partial charge >= 0.3 is 0 Å². The highest BCUT2D eigenvalue weighted by Gasteiger charge is 2.26. The summed E-state index contributed by atoms with van der Waals surface area (Å²) in [4.78, 5) is 16.5. The summed E-state index contributed by atoms with van der Waals surface area (Å²) in [6.07, 6.45) is 6.60. The zero-order valence-corrected chi connectivity index (χ0v) is 12.1. The Bertz CT molecular complexity index is 307. The van der Waals surface area contributed by atoms with Crippen LogP contribution in [0.15, 0.2) is 12.7 Å². The molecule has 108 valence electrons. The Kier molecular flexibility index (Phi) is 5.40. The van der Waals surface area contributed by atoms with Gasteiger partial charge in [0.2, 0.25) is 5.91 Å². The molecule has 2 fully saturated rings. The largest absolute Gasteiger partial charge is 0.352 e. The number of nitrogens with zero attached hydrogens (tertiary/aromatic N) is 2. The molecule has 0 unspecified atom stereocenters. The molecule has 1 heterocycles. The molecule has 19 heavy (non-hydrogen) atoms. The minimum atomic E-state index is 0.204. The van der Waals surface area contributed by atoms with Crippen molar-refractivity contribution < 1.29 is 4.79 Å². The maximum Gasteiger partial charge on any atom is 0.234 e. The van der Waals surface area contributed by atoms with Crippen molar-refractivity contribution in [2.45, 2.75) is 44.7 Å². The van der Waals surface area contributed by atoms with E-state index in [0.717, 1.165) is 32.6 Å². The van der Waals surface area contributed by atoms with Gasteiger partial charge in [-0.25, -0.2) is 0 Å². The predicted molar refractivity (Wildman–Crippen MR) is 78.1 cm³/mol. The summed E-state index contributed by atoms with van der Waals surface area (Å²) in [6.45, 7) is 10.8. The molecule has 2 aliphatic rings. The molecule has 1 N–H and O–H groups in total. The standard InChI is InChI=1S/C15H27N3O/c1-3-4-5-13(2)18-10-8-17(9-11-18)12-15(19)16-14-6-7-14/h3,13-14H,1,4-12H2,2H3,(H,16,19)/t13-/m1/s1. The highest BCUT2D eigenvalue weighted by molar-refractivity contribution is 5.78. The molecule has 0 bridgehead atoms. The van der Waals surface area contributed by atoms with Gasteiger partial charge in [0.15, 0.2) is 0 Å². The zero-order chi connectivity index (χ0) is 13.7. The molecule has 0 spiro atoms. The SMILES string of the molecule is C=CCC[C@@H](C)N1CCN(CC(=O)NC2CC2)CC1. The van der Waals surface area contributed by atoms with Gasteiger partial charge in [-0.2, -0.15) is 0 Å². The highest BCUT2D eigenvalue weighted by atomic mass is 16.2. The predicted octanol–water partition coefficient (Wildman–Crippen LogP) is 1.24. The number of carbonyl (C=O) groups is 1. The van der Waals surface area contributed by atoms with Gasteiger partial charge in [-0.3, -0.25) is 14.6 Å². The molecule has 4 heteroatoms. The monoisotopic (exact) mass is 265 g/mol. The first-order valence-electron chi connectivity index (χ1n) is 7.55. The quantitative estimate of drug-likeness (QED) is 0.704. The van der Waals surface area contributed by atoms with Crippen LogP contribution in [0.3, 0.4) is 0 Å². The molecular formula is C15H27N3O. The van der Waals surface area contributed by atoms with E-state index in [0.29, 0.717) is 18.6 Å². The van der Waals surface area contributed by atoms with E-state index in [2.05, 4.69) is 28.6 Å². The van der Waals surface area contributed by atoms with E-state index >= 15 is 0 Å². The fourth-order valence-corrected chi connectivity index (χ4v) is 2.61. The zero-order valence-electron chi connectivity index (χ0n) is 12.1. The number of carbonyl (C=O) groups excluding carboxylic acids is 1. The van der Waals surface area contributed by atoms with Gasteiger partial charge in [0, 0.05) is 38.3 Å². The molecule has 1 saturated heterocycles. The van der Waals surface area contributed by atoms with Crippen LogP contribution >= 0.6 is 0 Å². The summed E-state index contributed by atoms with van der Waals surface area (Å²) < 4.78 is 0. The van der Waals surface area contributed by atoms with Crippen molar-refractivity contribution in [3.63, 3.8) is 0 Å². The van der Waals surface area contributed by atoms with E-state index < -0.39 is 0 Å². The lowest BCUT2D eigenvalue weighted by Gasteiger charge is -2.37. The third kappa shape index (κ3) is 4.96. The van der Waals surface area contributed by atoms with Gasteiger partial charge in [0.05, 0.1) is 6.54 Å². The molecule has 1 aliphatic heterocycles. The molecule has 0 aromatic heterocycles. The van der Waals surface area contributed by atoms with Gasteiger partial charge < -0.3 is 5.32 Å². The van der Waals surface area contributed by atoms with Crippen LogP contribution in [0.25, 0.3) is 0 Å². The second-order valence-electron chi connectivity index (χ2n) is 5.87. The minimum Gasteiger partial charge on any atom is -0.352 e. The second-order valence-corrected chi connectivity index (χ2v) is 5.87. The number of amides is 1. The molecule has 1 amide bonds. The van der Waals surface area contributed by atoms with Crippen LogP contribution in [-0.4, -0.2) is 60.5 Å². The Morgan fingerprint density at radius 1 is 1.37 bits per heavy atom. The van der Waals surface area contributed by atoms with Crippen molar-refractivity contribution in [3.8, 4) is 0 Å². The Labute approximate surface area is 116 Å². The summed E-state index contributed by atoms with van der Waals surface area (Å²) in [5.41, 5.74) is 0. The normalized spacial score (nSPS) is 23.0. The molecule has 0 aromatic carbocycles. The van der Waals surface area contributed by atoms with Crippen molar-refractivity contribution in [2.24, 2.45) is 0 Å². The van der Waals surface area contributed by atoms with Crippen LogP contribution in [0.2, 0.25) is 0 Å². The van der Waals surface area contributed by atoms with Gasteiger partial charge in [0.25, 0.3) is 0 Å². The summed E-state index contributed by atoms with van der Waals surface area (Å²) in [7, 11) is 0. The van der Waals surface area contributed by atoms with E-state index in [1.807, 2.05) is 6.08 Å². The topological polar surface area (TPSA) is 35.6 Å². The van der Waals surface area contributed by atoms with Gasteiger partial charge in [-0.05, 0) is 32.6 Å². The minimum absolute atomic E-state index is 0.204. The van der Waals surface area contributed by atoms with Crippen LogP contribution in [0.4, 0.5) is 0 Å². The van der Waals surface area contributed by atoms with Crippen molar-refractivity contribution >= 4 is 5.91 Å². The Hall–Kier alpha value is -0.870. The van der Waals surface area contributed by atoms with Crippen LogP contribution in [0, 0.1) is 0 Å². The van der Waals surface area contributed by atoms with Crippen LogP contribution in [0.1, 0.15) is 32.6 Å². The third-order valence-electron chi connectivity index (χ3n) is 4.13. The Morgan fingerprint density at radius 3 is 2.63 bits per heavy atom. The summed E-state index contributed by atoms with van der Waals surface area (Å²) >= 11 is 0. The van der Waals surface area contributed by atoms with E-state index in [-0.39, 0.29) is 5.91 Å². The number of nitrogens with one attached hydrogen (secondary N) is 1. The summed E-state index contributed by atoms with van der Waals surface area (Å²) in [5.74, 6) is 0.204. The molecule has 4 nitrogen and oxygen atoms in total. The molecular weight excluding hydrogens is 238 g/mol. The van der Waals surface area contributed by atoms with E-state index in [1.54, 1.807) is 0 Å². The van der Waals surface area contributed by atoms with Crippen molar-refractivity contribution in [2.75, 3.05) is 32.7 Å². The maximum atomic E-state index is 11.7. The fraction of sp³-hybridized carbons (Fsp3) is 0.800. The molecule has 0 radical (unpaired) electrons. The number of hydrogen-bond acceptors (Lipinski definition) is 3. The van der Waals surface area contributed by atoms with Crippen LogP contribution in [-0.2, 0) is 4.79 Å². The summed E-state index contributed by atoms with van der Waals surface area (Å²) in [5, 5.41) is 3.06. The molecule has 1 saturated carbocycles. The summed E-state index contributed by atoms with van der Waals surface area (Å²) in [6, 6.07) is 1.10. The fourth-order valence-electron chi connectivity index (χ4n) is 2.61. The van der Waals surface area contributed by atoms with Gasteiger partial charge in [-0.1, -0.05) is 6.08 Å². The van der Waals surface area contributed by atoms with Gasteiger partial charge in [-0.15, -0.1) is 6.58 Å². The number of hydrogen-bond donors (Lipinski definition) is 1. The molecule has 1 atom stereocenters. The van der Waals surface area contributed by atoms with Crippen LogP contribution in [0.5, 0.6) is 0 Å². The van der Waals surface area contributed by atoms with E-state index in [9.17, 15) is 4.79 Å². The average Bonchev–Trinajstić information content (AvgIpc) is 3.20. The van der Waals surface area contributed by atoms with E-state index in [4.69, 9.17) is 0 Å². The number of allylic oxidation sites excluding steroid dienone is 1. The lowest BCUT2D eigenvalue weighted by atomic mass is 10.1. The molecule has 2 rings (SSSR count). The Morgan fingerprint density at radius 2 is 2.05 bits per heavy atom. The first kappa shape index (κ1) is 14.5. The smallest absolute Gasteiger partial charge is 0.234 e. The lowest BCUT2D eigenvalue weighted by Crippen LogP contribution is -2.51. The number of piperazine rings is 1. The van der Waals surface area contributed by atoms with Crippen LogP contribution < -0.4 is 5.32 Å². The van der Waals surface area contributed by atoms with Crippen molar-refractivity contribution in [1.82, 2.24) is 15.1 Å². The first-order chi connectivity index (χ1) is 9.19. The lowest BCUT2D eigenvalue weighted by molar-refractivity contribution is -0.122. The van der Waals surface area contributed by atoms with Gasteiger partial charge in [0.1, 0.15) is 0 Å². The van der Waals surface area contributed by atoms with Crippen molar-refractivity contribution in [1.29, 1.82) is 0 Å². The number of rotatable bonds is 7. The average molecular weight is 265 g/mol. The third-order valence-corrected chi connectivity index (χ3v) is 4.13. The first-order valence-corrected chi connectivity index (χ1v) is 7.55. The van der Waals surface area contributed by atoms with E-state index in [1.165, 1.54) is 19.3 Å². The highest BCUT2D eigenvalue weighted by Crippen LogP contribution is 2.18. The molecule has 1 aliphatic carbocycles. The second kappa shape index (κ2) is 7.06. The molecule has 0 aromatic rings. The Balaban J connectivity index is 1.63. The van der Waals surface area contributed by atoms with Crippen molar-refractivity contribution in [3.05, 3.63) is 12.7 Å². The maximum absolute atomic E-state index is 11.7.